The Hall–Kier alpha value is -0.860. The second-order valence-electron chi connectivity index (χ2n) is 3.55. The number of fused-ring (bicyclic) bond motifs is 1. The molecule has 2 aliphatic carbocycles. The van der Waals surface area contributed by atoms with Crippen molar-refractivity contribution in [2.45, 2.75) is 12.8 Å². The number of rotatable bonds is 2. The van der Waals surface area contributed by atoms with E-state index in [1.807, 2.05) is 0 Å². The lowest BCUT2D eigenvalue weighted by Gasteiger charge is -2.10. The van der Waals surface area contributed by atoms with Crippen molar-refractivity contribution >= 4 is 12.3 Å². The molecule has 2 saturated carbocycles. The van der Waals surface area contributed by atoms with Crippen LogP contribution in [0.25, 0.3) is 0 Å². The first-order chi connectivity index (χ1) is 5.24. The van der Waals surface area contributed by atoms with Gasteiger partial charge >= 0.3 is 5.97 Å². The van der Waals surface area contributed by atoms with Crippen LogP contribution in [0.3, 0.4) is 0 Å². The van der Waals surface area contributed by atoms with Gasteiger partial charge < -0.3 is 9.90 Å². The SMILES string of the molecule is O=CC1C(C(=O)O)CC2CC21. The van der Waals surface area contributed by atoms with Gasteiger partial charge in [0.25, 0.3) is 0 Å². The number of carbonyl (C=O) groups is 2. The molecule has 3 heteroatoms. The van der Waals surface area contributed by atoms with Crippen LogP contribution in [0.1, 0.15) is 12.8 Å². The number of carboxylic acid groups (broad SMARTS) is 1. The fourth-order valence-electron chi connectivity index (χ4n) is 2.26. The predicted octanol–water partition coefficient (Wildman–Crippen LogP) is 0.542. The van der Waals surface area contributed by atoms with Gasteiger partial charge in [-0.05, 0) is 24.7 Å². The molecule has 60 valence electrons. The van der Waals surface area contributed by atoms with Crippen LogP contribution in [0.4, 0.5) is 0 Å². The van der Waals surface area contributed by atoms with Gasteiger partial charge in [0, 0.05) is 5.92 Å². The highest BCUT2D eigenvalue weighted by Crippen LogP contribution is 2.57. The van der Waals surface area contributed by atoms with Gasteiger partial charge in [0.2, 0.25) is 0 Å². The minimum Gasteiger partial charge on any atom is -0.481 e. The molecule has 0 radical (unpaired) electrons. The monoisotopic (exact) mass is 154 g/mol. The van der Waals surface area contributed by atoms with Crippen molar-refractivity contribution < 1.29 is 14.7 Å². The molecule has 0 aromatic heterocycles. The van der Waals surface area contributed by atoms with Crippen LogP contribution in [0, 0.1) is 23.7 Å². The van der Waals surface area contributed by atoms with E-state index >= 15 is 0 Å². The Kier molecular flexibility index (Phi) is 1.28. The molecule has 2 rings (SSSR count). The van der Waals surface area contributed by atoms with Crippen molar-refractivity contribution in [2.75, 3.05) is 0 Å². The molecule has 4 atom stereocenters. The maximum Gasteiger partial charge on any atom is 0.307 e. The van der Waals surface area contributed by atoms with E-state index in [4.69, 9.17) is 5.11 Å². The summed E-state index contributed by atoms with van der Waals surface area (Å²) < 4.78 is 0. The first-order valence-electron chi connectivity index (χ1n) is 3.92. The molecule has 0 saturated heterocycles. The Morgan fingerprint density at radius 1 is 1.45 bits per heavy atom. The van der Waals surface area contributed by atoms with Crippen LogP contribution in [-0.4, -0.2) is 17.4 Å². The molecule has 0 aliphatic heterocycles. The van der Waals surface area contributed by atoms with E-state index in [2.05, 4.69) is 0 Å². The van der Waals surface area contributed by atoms with Crippen molar-refractivity contribution in [3.63, 3.8) is 0 Å². The molecule has 0 aromatic carbocycles. The third-order valence-corrected chi connectivity index (χ3v) is 2.97. The van der Waals surface area contributed by atoms with Crippen LogP contribution in [0.2, 0.25) is 0 Å². The second kappa shape index (κ2) is 2.06. The van der Waals surface area contributed by atoms with Crippen LogP contribution in [0.15, 0.2) is 0 Å². The molecule has 3 nitrogen and oxygen atoms in total. The lowest BCUT2D eigenvalue weighted by atomic mass is 9.93. The van der Waals surface area contributed by atoms with E-state index in [1.165, 1.54) is 0 Å². The maximum atomic E-state index is 10.6. The average Bonchev–Trinajstić information content (AvgIpc) is 2.63. The quantitative estimate of drug-likeness (QED) is 0.590. The van der Waals surface area contributed by atoms with Gasteiger partial charge in [-0.1, -0.05) is 0 Å². The van der Waals surface area contributed by atoms with Gasteiger partial charge in [-0.2, -0.15) is 0 Å². The number of hydrogen-bond donors (Lipinski definition) is 1. The number of aldehydes is 1. The first kappa shape index (κ1) is 6.83. The van der Waals surface area contributed by atoms with Crippen molar-refractivity contribution in [1.82, 2.24) is 0 Å². The summed E-state index contributed by atoms with van der Waals surface area (Å²) in [5.41, 5.74) is 0. The molecule has 2 fully saturated rings. The van der Waals surface area contributed by atoms with E-state index in [-0.39, 0.29) is 11.8 Å². The van der Waals surface area contributed by atoms with E-state index < -0.39 is 5.97 Å². The number of carbonyl (C=O) groups excluding carboxylic acids is 1. The van der Waals surface area contributed by atoms with E-state index in [0.29, 0.717) is 11.8 Å². The topological polar surface area (TPSA) is 54.4 Å². The summed E-state index contributed by atoms with van der Waals surface area (Å²) in [5.74, 6) is -0.400. The zero-order valence-electron chi connectivity index (χ0n) is 6.06. The van der Waals surface area contributed by atoms with Crippen molar-refractivity contribution in [2.24, 2.45) is 23.7 Å². The second-order valence-corrected chi connectivity index (χ2v) is 3.55. The Balaban J connectivity index is 2.12. The van der Waals surface area contributed by atoms with E-state index in [0.717, 1.165) is 19.1 Å². The zero-order chi connectivity index (χ0) is 8.01. The van der Waals surface area contributed by atoms with Gasteiger partial charge in [0.05, 0.1) is 5.92 Å². The highest BCUT2D eigenvalue weighted by molar-refractivity contribution is 5.76. The van der Waals surface area contributed by atoms with Gasteiger partial charge in [0.15, 0.2) is 0 Å². The number of carboxylic acids is 1. The molecular formula is C8H10O3. The molecule has 0 bridgehead atoms. The summed E-state index contributed by atoms with van der Waals surface area (Å²) in [7, 11) is 0. The summed E-state index contributed by atoms with van der Waals surface area (Å²) >= 11 is 0. The lowest BCUT2D eigenvalue weighted by molar-refractivity contribution is -0.144. The van der Waals surface area contributed by atoms with Crippen LogP contribution < -0.4 is 0 Å². The minimum atomic E-state index is -0.797. The summed E-state index contributed by atoms with van der Waals surface area (Å²) in [6.45, 7) is 0. The molecule has 4 unspecified atom stereocenters. The highest BCUT2D eigenvalue weighted by Gasteiger charge is 2.55. The fourth-order valence-corrected chi connectivity index (χ4v) is 2.26. The van der Waals surface area contributed by atoms with Gasteiger partial charge in [0.1, 0.15) is 6.29 Å². The van der Waals surface area contributed by atoms with Gasteiger partial charge in [-0.25, -0.2) is 0 Å². The molecular weight excluding hydrogens is 144 g/mol. The molecule has 1 N–H and O–H groups in total. The van der Waals surface area contributed by atoms with Crippen LogP contribution in [-0.2, 0) is 9.59 Å². The Labute approximate surface area is 64.4 Å². The van der Waals surface area contributed by atoms with Crippen LogP contribution in [0.5, 0.6) is 0 Å². The standard InChI is InChI=1S/C8H10O3/c9-3-7-5-1-4(5)2-6(7)8(10)11/h3-7H,1-2H2,(H,10,11). The lowest BCUT2D eigenvalue weighted by Crippen LogP contribution is -2.22. The average molecular weight is 154 g/mol. The normalized spacial score (nSPS) is 46.5. The van der Waals surface area contributed by atoms with Crippen molar-refractivity contribution in [3.05, 3.63) is 0 Å². The molecule has 11 heavy (non-hydrogen) atoms. The summed E-state index contributed by atoms with van der Waals surface area (Å²) in [6, 6.07) is 0. The first-order valence-corrected chi connectivity index (χ1v) is 3.92. The largest absolute Gasteiger partial charge is 0.481 e. The minimum absolute atomic E-state index is 0.183. The molecule has 0 aromatic rings. The third kappa shape index (κ3) is 0.870. The highest BCUT2D eigenvalue weighted by atomic mass is 16.4. The molecule has 2 aliphatic rings. The van der Waals surface area contributed by atoms with Gasteiger partial charge in [-0.15, -0.1) is 0 Å². The van der Waals surface area contributed by atoms with E-state index in [1.54, 1.807) is 0 Å². The number of hydrogen-bond acceptors (Lipinski definition) is 2. The molecule has 0 spiro atoms. The van der Waals surface area contributed by atoms with Gasteiger partial charge in [-0.3, -0.25) is 4.79 Å². The molecule has 0 heterocycles. The maximum absolute atomic E-state index is 10.6. The Bertz CT molecular complexity index is 211. The van der Waals surface area contributed by atoms with Crippen LogP contribution >= 0.6 is 0 Å². The van der Waals surface area contributed by atoms with Crippen molar-refractivity contribution in [1.29, 1.82) is 0 Å². The number of aliphatic carboxylic acids is 1. The van der Waals surface area contributed by atoms with E-state index in [9.17, 15) is 9.59 Å². The van der Waals surface area contributed by atoms with Crippen molar-refractivity contribution in [3.8, 4) is 0 Å². The third-order valence-electron chi connectivity index (χ3n) is 2.97. The Morgan fingerprint density at radius 3 is 2.64 bits per heavy atom. The summed E-state index contributed by atoms with van der Waals surface area (Å²) in [5, 5.41) is 8.69. The molecule has 0 amide bonds. The predicted molar refractivity (Wildman–Crippen MR) is 36.9 cm³/mol. The smallest absolute Gasteiger partial charge is 0.307 e. The fraction of sp³-hybridized carbons (Fsp3) is 0.750. The zero-order valence-corrected chi connectivity index (χ0v) is 6.06. The Morgan fingerprint density at radius 2 is 2.18 bits per heavy atom. The summed E-state index contributed by atoms with van der Waals surface area (Å²) in [4.78, 5) is 21.1. The summed E-state index contributed by atoms with van der Waals surface area (Å²) in [6.07, 6.45) is 2.63.